The predicted molar refractivity (Wildman–Crippen MR) is 72.3 cm³/mol. The zero-order valence-electron chi connectivity index (χ0n) is 11.5. The molecule has 0 amide bonds. The summed E-state index contributed by atoms with van der Waals surface area (Å²) in [5.74, 6) is -2.41. The Morgan fingerprint density at radius 2 is 1.85 bits per heavy atom. The van der Waals surface area contributed by atoms with E-state index in [1.54, 1.807) is 19.1 Å². The molecule has 0 saturated carbocycles. The average molecular weight is 276 g/mol. The zero-order chi connectivity index (χ0) is 14.9. The van der Waals surface area contributed by atoms with Crippen LogP contribution in [0, 0.1) is 25.5 Å². The van der Waals surface area contributed by atoms with Gasteiger partial charge in [0.1, 0.15) is 5.75 Å². The van der Waals surface area contributed by atoms with Gasteiger partial charge < -0.3 is 4.74 Å². The number of halogens is 2. The third kappa shape index (κ3) is 2.41. The Balaban J connectivity index is 2.62. The van der Waals surface area contributed by atoms with E-state index >= 15 is 0 Å². The molecule has 0 spiro atoms. The van der Waals surface area contributed by atoms with E-state index in [1.165, 1.54) is 19.2 Å². The molecule has 2 aromatic carbocycles. The smallest absolute Gasteiger partial charge is 0.200 e. The topological polar surface area (TPSA) is 26.3 Å². The summed E-state index contributed by atoms with van der Waals surface area (Å²) in [5, 5.41) is 0. The maximum atomic E-state index is 13.7. The molecular weight excluding hydrogens is 262 g/mol. The summed E-state index contributed by atoms with van der Waals surface area (Å²) in [6.07, 6.45) is 0. The van der Waals surface area contributed by atoms with Crippen molar-refractivity contribution >= 4 is 5.78 Å². The molecule has 0 aliphatic rings. The van der Waals surface area contributed by atoms with Crippen LogP contribution in [0.4, 0.5) is 8.78 Å². The van der Waals surface area contributed by atoms with Crippen molar-refractivity contribution < 1.29 is 18.3 Å². The molecule has 20 heavy (non-hydrogen) atoms. The van der Waals surface area contributed by atoms with Crippen LogP contribution < -0.4 is 4.74 Å². The molecule has 0 radical (unpaired) electrons. The second-order valence-corrected chi connectivity index (χ2v) is 4.59. The number of benzene rings is 2. The van der Waals surface area contributed by atoms with Gasteiger partial charge in [0.25, 0.3) is 0 Å². The van der Waals surface area contributed by atoms with Crippen LogP contribution in [-0.2, 0) is 0 Å². The second kappa shape index (κ2) is 5.41. The van der Waals surface area contributed by atoms with Gasteiger partial charge in [-0.3, -0.25) is 4.79 Å². The van der Waals surface area contributed by atoms with Crippen LogP contribution in [0.3, 0.4) is 0 Å². The van der Waals surface area contributed by atoms with Crippen LogP contribution in [0.1, 0.15) is 27.0 Å². The Bertz CT molecular complexity index is 678. The highest BCUT2D eigenvalue weighted by molar-refractivity contribution is 6.11. The standard InChI is InChI=1S/C16H14F2O2/c1-9-7-10(2)14(13(8-9)20-3)16(19)11-5-4-6-12(17)15(11)18/h4-8H,1-3H3. The molecule has 104 valence electrons. The normalized spacial score (nSPS) is 10.4. The molecule has 2 aromatic rings. The number of ether oxygens (including phenoxy) is 1. The Morgan fingerprint density at radius 3 is 2.50 bits per heavy atom. The molecule has 4 heteroatoms. The molecular formula is C16H14F2O2. The first kappa shape index (κ1) is 14.2. The molecule has 2 rings (SSSR count). The highest BCUT2D eigenvalue weighted by Crippen LogP contribution is 2.28. The SMILES string of the molecule is COc1cc(C)cc(C)c1C(=O)c1cccc(F)c1F. The van der Waals surface area contributed by atoms with Gasteiger partial charge in [-0.1, -0.05) is 12.1 Å². The number of carbonyl (C=O) groups excluding carboxylic acids is 1. The van der Waals surface area contributed by atoms with Crippen LogP contribution in [0.15, 0.2) is 30.3 Å². The first-order valence-electron chi connectivity index (χ1n) is 6.09. The number of hydrogen-bond acceptors (Lipinski definition) is 2. The van der Waals surface area contributed by atoms with E-state index in [-0.39, 0.29) is 11.1 Å². The number of ketones is 1. The monoisotopic (exact) mass is 276 g/mol. The molecule has 0 bridgehead atoms. The van der Waals surface area contributed by atoms with Gasteiger partial charge >= 0.3 is 0 Å². The van der Waals surface area contributed by atoms with Crippen LogP contribution in [0.2, 0.25) is 0 Å². The highest BCUT2D eigenvalue weighted by atomic mass is 19.2. The van der Waals surface area contributed by atoms with E-state index < -0.39 is 17.4 Å². The van der Waals surface area contributed by atoms with Gasteiger partial charge in [0.05, 0.1) is 18.2 Å². The number of rotatable bonds is 3. The average Bonchev–Trinajstić information content (AvgIpc) is 2.40. The van der Waals surface area contributed by atoms with E-state index in [4.69, 9.17) is 4.74 Å². The first-order valence-corrected chi connectivity index (χ1v) is 6.09. The molecule has 0 aliphatic heterocycles. The fraction of sp³-hybridized carbons (Fsp3) is 0.188. The fourth-order valence-corrected chi connectivity index (χ4v) is 2.19. The van der Waals surface area contributed by atoms with Gasteiger partial charge in [-0.25, -0.2) is 8.78 Å². The lowest BCUT2D eigenvalue weighted by Crippen LogP contribution is -2.10. The van der Waals surface area contributed by atoms with Gasteiger partial charge in [0.2, 0.25) is 0 Å². The van der Waals surface area contributed by atoms with Gasteiger partial charge in [-0.05, 0) is 43.2 Å². The van der Waals surface area contributed by atoms with E-state index in [9.17, 15) is 13.6 Å². The first-order chi connectivity index (χ1) is 9.45. The summed E-state index contributed by atoms with van der Waals surface area (Å²) in [7, 11) is 1.44. The highest BCUT2D eigenvalue weighted by Gasteiger charge is 2.22. The summed E-state index contributed by atoms with van der Waals surface area (Å²) >= 11 is 0. The van der Waals surface area contributed by atoms with E-state index in [0.717, 1.165) is 11.6 Å². The lowest BCUT2D eigenvalue weighted by atomic mass is 9.96. The summed E-state index contributed by atoms with van der Waals surface area (Å²) < 4.78 is 32.2. The second-order valence-electron chi connectivity index (χ2n) is 4.59. The minimum Gasteiger partial charge on any atom is -0.496 e. The minimum atomic E-state index is -1.14. The molecule has 2 nitrogen and oxygen atoms in total. The lowest BCUT2D eigenvalue weighted by molar-refractivity contribution is 0.103. The molecule has 0 heterocycles. The molecule has 0 aliphatic carbocycles. The summed E-state index contributed by atoms with van der Waals surface area (Å²) in [6.45, 7) is 3.60. The number of methoxy groups -OCH3 is 1. The van der Waals surface area contributed by atoms with Gasteiger partial charge in [-0.15, -0.1) is 0 Å². The summed E-state index contributed by atoms with van der Waals surface area (Å²) in [4.78, 5) is 12.4. The fourth-order valence-electron chi connectivity index (χ4n) is 2.19. The molecule has 0 atom stereocenters. The van der Waals surface area contributed by atoms with Gasteiger partial charge in [0, 0.05) is 0 Å². The van der Waals surface area contributed by atoms with Crippen LogP contribution >= 0.6 is 0 Å². The maximum Gasteiger partial charge on any atom is 0.200 e. The van der Waals surface area contributed by atoms with Crippen molar-refractivity contribution in [3.63, 3.8) is 0 Å². The van der Waals surface area contributed by atoms with Crippen molar-refractivity contribution in [1.29, 1.82) is 0 Å². The Kier molecular flexibility index (Phi) is 3.84. The molecule has 0 saturated heterocycles. The Morgan fingerprint density at radius 1 is 1.15 bits per heavy atom. The largest absolute Gasteiger partial charge is 0.496 e. The Labute approximate surface area is 116 Å². The van der Waals surface area contributed by atoms with E-state index in [2.05, 4.69) is 0 Å². The number of aryl methyl sites for hydroxylation is 2. The van der Waals surface area contributed by atoms with E-state index in [1.807, 2.05) is 6.92 Å². The number of hydrogen-bond donors (Lipinski definition) is 0. The van der Waals surface area contributed by atoms with Gasteiger partial charge in [0.15, 0.2) is 17.4 Å². The third-order valence-electron chi connectivity index (χ3n) is 3.09. The van der Waals surface area contributed by atoms with Crippen LogP contribution in [-0.4, -0.2) is 12.9 Å². The lowest BCUT2D eigenvalue weighted by Gasteiger charge is -2.12. The predicted octanol–water partition coefficient (Wildman–Crippen LogP) is 3.82. The summed E-state index contributed by atoms with van der Waals surface area (Å²) in [6, 6.07) is 7.04. The maximum absolute atomic E-state index is 13.7. The van der Waals surface area contributed by atoms with Crippen LogP contribution in [0.5, 0.6) is 5.75 Å². The number of carbonyl (C=O) groups is 1. The van der Waals surface area contributed by atoms with Crippen molar-refractivity contribution in [3.05, 3.63) is 64.2 Å². The van der Waals surface area contributed by atoms with Crippen molar-refractivity contribution in [2.75, 3.05) is 7.11 Å². The van der Waals surface area contributed by atoms with Gasteiger partial charge in [-0.2, -0.15) is 0 Å². The van der Waals surface area contributed by atoms with E-state index in [0.29, 0.717) is 11.3 Å². The van der Waals surface area contributed by atoms with Crippen molar-refractivity contribution in [2.24, 2.45) is 0 Å². The van der Waals surface area contributed by atoms with Crippen molar-refractivity contribution in [3.8, 4) is 5.75 Å². The molecule has 0 N–H and O–H groups in total. The van der Waals surface area contributed by atoms with Crippen LogP contribution in [0.25, 0.3) is 0 Å². The van der Waals surface area contributed by atoms with Crippen molar-refractivity contribution in [1.82, 2.24) is 0 Å². The minimum absolute atomic E-state index is 0.252. The quantitative estimate of drug-likeness (QED) is 0.797. The molecule has 0 fully saturated rings. The zero-order valence-corrected chi connectivity index (χ0v) is 11.5. The Hall–Kier alpha value is -2.23. The van der Waals surface area contributed by atoms with Crippen molar-refractivity contribution in [2.45, 2.75) is 13.8 Å². The summed E-state index contributed by atoms with van der Waals surface area (Å²) in [5.41, 5.74) is 1.55. The molecule has 0 aromatic heterocycles. The molecule has 0 unspecified atom stereocenters. The third-order valence-corrected chi connectivity index (χ3v) is 3.09.